The van der Waals surface area contributed by atoms with Gasteiger partial charge in [0.2, 0.25) is 0 Å². The van der Waals surface area contributed by atoms with Crippen LogP contribution in [0.5, 0.6) is 0 Å². The standard InChI is InChI=1S/C13H13FN4S/c1-18-6-10(16-7-18)13(17-15)12-4-8-2-3-9(14)5-11(8)19-12/h2-7,13,17H,15H2,1H3. The minimum absolute atomic E-state index is 0.179. The molecular weight excluding hydrogens is 263 g/mol. The summed E-state index contributed by atoms with van der Waals surface area (Å²) < 4.78 is 16.0. The third-order valence-electron chi connectivity index (χ3n) is 2.97. The van der Waals surface area contributed by atoms with Gasteiger partial charge in [0.15, 0.2) is 0 Å². The van der Waals surface area contributed by atoms with Crippen molar-refractivity contribution in [3.63, 3.8) is 0 Å². The van der Waals surface area contributed by atoms with E-state index in [1.54, 1.807) is 12.4 Å². The van der Waals surface area contributed by atoms with Gasteiger partial charge in [-0.15, -0.1) is 11.3 Å². The summed E-state index contributed by atoms with van der Waals surface area (Å²) in [6, 6.07) is 6.61. The Morgan fingerprint density at radius 2 is 2.26 bits per heavy atom. The Bertz CT molecular complexity index is 718. The van der Waals surface area contributed by atoms with Crippen molar-refractivity contribution in [2.24, 2.45) is 12.9 Å². The van der Waals surface area contributed by atoms with Gasteiger partial charge >= 0.3 is 0 Å². The zero-order valence-electron chi connectivity index (χ0n) is 10.3. The quantitative estimate of drug-likeness (QED) is 0.570. The van der Waals surface area contributed by atoms with E-state index in [0.29, 0.717) is 0 Å². The van der Waals surface area contributed by atoms with Gasteiger partial charge in [0.25, 0.3) is 0 Å². The summed E-state index contributed by atoms with van der Waals surface area (Å²) in [5.74, 6) is 5.41. The molecule has 0 fully saturated rings. The van der Waals surface area contributed by atoms with E-state index in [9.17, 15) is 4.39 Å². The van der Waals surface area contributed by atoms with Gasteiger partial charge in [0, 0.05) is 22.8 Å². The zero-order chi connectivity index (χ0) is 13.4. The third-order valence-corrected chi connectivity index (χ3v) is 4.14. The number of hydrazine groups is 1. The fraction of sp³-hybridized carbons (Fsp3) is 0.154. The second-order valence-corrected chi connectivity index (χ2v) is 5.51. The first-order valence-electron chi connectivity index (χ1n) is 5.80. The number of benzene rings is 1. The van der Waals surface area contributed by atoms with Crippen LogP contribution in [0.2, 0.25) is 0 Å². The van der Waals surface area contributed by atoms with Crippen LogP contribution in [-0.2, 0) is 7.05 Å². The van der Waals surface area contributed by atoms with E-state index in [1.165, 1.54) is 23.5 Å². The van der Waals surface area contributed by atoms with E-state index in [0.717, 1.165) is 20.7 Å². The summed E-state index contributed by atoms with van der Waals surface area (Å²) in [6.07, 6.45) is 3.64. The number of aryl methyl sites for hydroxylation is 1. The van der Waals surface area contributed by atoms with Gasteiger partial charge in [-0.05, 0) is 23.6 Å². The highest BCUT2D eigenvalue weighted by Gasteiger charge is 2.17. The van der Waals surface area contributed by atoms with Crippen molar-refractivity contribution in [3.05, 3.63) is 53.2 Å². The number of nitrogens with zero attached hydrogens (tertiary/aromatic N) is 2. The van der Waals surface area contributed by atoms with Gasteiger partial charge in [-0.2, -0.15) is 0 Å². The molecule has 0 aliphatic carbocycles. The first-order valence-corrected chi connectivity index (χ1v) is 6.62. The predicted octanol–water partition coefficient (Wildman–Crippen LogP) is 2.33. The number of rotatable bonds is 3. The van der Waals surface area contributed by atoms with Crippen molar-refractivity contribution >= 4 is 21.4 Å². The second-order valence-electron chi connectivity index (χ2n) is 4.39. The number of nitrogens with two attached hydrogens (primary N) is 1. The molecule has 0 amide bonds. The minimum Gasteiger partial charge on any atom is -0.340 e. The summed E-state index contributed by atoms with van der Waals surface area (Å²) in [7, 11) is 1.91. The van der Waals surface area contributed by atoms with Crippen LogP contribution in [-0.4, -0.2) is 9.55 Å². The first-order chi connectivity index (χ1) is 9.17. The van der Waals surface area contributed by atoms with Crippen LogP contribution in [0.3, 0.4) is 0 Å². The average molecular weight is 276 g/mol. The fourth-order valence-corrected chi connectivity index (χ4v) is 3.23. The average Bonchev–Trinajstić information content (AvgIpc) is 2.96. The summed E-state index contributed by atoms with van der Waals surface area (Å²) in [5.41, 5.74) is 3.61. The maximum Gasteiger partial charge on any atom is 0.124 e. The second kappa shape index (κ2) is 4.73. The molecule has 3 aromatic rings. The van der Waals surface area contributed by atoms with Gasteiger partial charge in [0.05, 0.1) is 18.1 Å². The van der Waals surface area contributed by atoms with Crippen LogP contribution in [0.25, 0.3) is 10.1 Å². The van der Waals surface area contributed by atoms with Gasteiger partial charge < -0.3 is 4.57 Å². The van der Waals surface area contributed by atoms with Gasteiger partial charge in [-0.3, -0.25) is 5.84 Å². The van der Waals surface area contributed by atoms with E-state index in [1.807, 2.05) is 23.9 Å². The molecule has 0 aliphatic rings. The summed E-state index contributed by atoms with van der Waals surface area (Å²) >= 11 is 1.52. The van der Waals surface area contributed by atoms with Crippen molar-refractivity contribution in [2.45, 2.75) is 6.04 Å². The highest BCUT2D eigenvalue weighted by Crippen LogP contribution is 2.32. The van der Waals surface area contributed by atoms with Crippen LogP contribution in [0, 0.1) is 5.82 Å². The number of hydrogen-bond acceptors (Lipinski definition) is 4. The van der Waals surface area contributed by atoms with Gasteiger partial charge in [0.1, 0.15) is 5.82 Å². The van der Waals surface area contributed by atoms with E-state index in [2.05, 4.69) is 10.4 Å². The minimum atomic E-state index is -0.226. The number of thiophene rings is 1. The van der Waals surface area contributed by atoms with E-state index < -0.39 is 0 Å². The molecule has 2 aromatic heterocycles. The molecule has 1 atom stereocenters. The number of nitrogens with one attached hydrogen (secondary N) is 1. The molecule has 0 saturated heterocycles. The van der Waals surface area contributed by atoms with Crippen LogP contribution in [0.1, 0.15) is 16.6 Å². The molecule has 98 valence electrons. The molecule has 4 nitrogen and oxygen atoms in total. The van der Waals surface area contributed by atoms with Crippen molar-refractivity contribution in [1.29, 1.82) is 0 Å². The summed E-state index contributed by atoms with van der Waals surface area (Å²) in [4.78, 5) is 5.32. The lowest BCUT2D eigenvalue weighted by Gasteiger charge is -2.10. The van der Waals surface area contributed by atoms with Crippen LogP contribution >= 0.6 is 11.3 Å². The Kier molecular flexibility index (Phi) is 3.06. The van der Waals surface area contributed by atoms with Crippen LogP contribution < -0.4 is 11.3 Å². The number of halogens is 1. The lowest BCUT2D eigenvalue weighted by Crippen LogP contribution is -2.28. The third kappa shape index (κ3) is 2.25. The maximum absolute atomic E-state index is 13.2. The van der Waals surface area contributed by atoms with Crippen LogP contribution in [0.4, 0.5) is 4.39 Å². The molecule has 1 aromatic carbocycles. The SMILES string of the molecule is Cn1cnc(C(NN)c2cc3ccc(F)cc3s2)c1. The molecule has 1 unspecified atom stereocenters. The molecule has 0 aliphatic heterocycles. The maximum atomic E-state index is 13.2. The molecule has 0 saturated carbocycles. The van der Waals surface area contributed by atoms with Gasteiger partial charge in [-0.25, -0.2) is 14.8 Å². The molecule has 19 heavy (non-hydrogen) atoms. The molecule has 2 heterocycles. The summed E-state index contributed by atoms with van der Waals surface area (Å²) in [6.45, 7) is 0. The number of hydrogen-bond donors (Lipinski definition) is 2. The van der Waals surface area contributed by atoms with E-state index in [-0.39, 0.29) is 11.9 Å². The van der Waals surface area contributed by atoms with Crippen molar-refractivity contribution in [2.75, 3.05) is 0 Å². The molecule has 0 spiro atoms. The number of aromatic nitrogens is 2. The molecular formula is C13H13FN4S. The lowest BCUT2D eigenvalue weighted by molar-refractivity contribution is 0.630. The predicted molar refractivity (Wildman–Crippen MR) is 74.2 cm³/mol. The fourth-order valence-electron chi connectivity index (χ4n) is 2.06. The number of fused-ring (bicyclic) bond motifs is 1. The van der Waals surface area contributed by atoms with E-state index >= 15 is 0 Å². The Hall–Kier alpha value is -1.76. The molecule has 0 radical (unpaired) electrons. The summed E-state index contributed by atoms with van der Waals surface area (Å²) in [5, 5.41) is 1.01. The number of imidazole rings is 1. The molecule has 6 heteroatoms. The molecule has 3 rings (SSSR count). The lowest BCUT2D eigenvalue weighted by atomic mass is 10.1. The highest BCUT2D eigenvalue weighted by atomic mass is 32.1. The van der Waals surface area contributed by atoms with E-state index in [4.69, 9.17) is 5.84 Å². The topological polar surface area (TPSA) is 55.9 Å². The Morgan fingerprint density at radius 3 is 2.95 bits per heavy atom. The van der Waals surface area contributed by atoms with Crippen molar-refractivity contribution in [3.8, 4) is 0 Å². The zero-order valence-corrected chi connectivity index (χ0v) is 11.1. The van der Waals surface area contributed by atoms with Crippen LogP contribution in [0.15, 0.2) is 36.8 Å². The largest absolute Gasteiger partial charge is 0.340 e. The molecule has 3 N–H and O–H groups in total. The van der Waals surface area contributed by atoms with Crippen molar-refractivity contribution < 1.29 is 4.39 Å². The molecule has 0 bridgehead atoms. The Morgan fingerprint density at radius 1 is 1.42 bits per heavy atom. The Labute approximate surface area is 113 Å². The Balaban J connectivity index is 2.06. The normalized spacial score (nSPS) is 13.0. The monoisotopic (exact) mass is 276 g/mol. The smallest absolute Gasteiger partial charge is 0.124 e. The van der Waals surface area contributed by atoms with Gasteiger partial charge in [-0.1, -0.05) is 6.07 Å². The van der Waals surface area contributed by atoms with Crippen molar-refractivity contribution in [1.82, 2.24) is 15.0 Å². The first kappa shape index (κ1) is 12.3. The highest BCUT2D eigenvalue weighted by molar-refractivity contribution is 7.19.